The number of unbranched alkanes of at least 4 members (excludes halogenated alkanes) is 6. The topological polar surface area (TPSA) is 121 Å². The molecule has 154 valence electrons. The molecule has 0 saturated carbocycles. The highest BCUT2D eigenvalue weighted by Crippen LogP contribution is 2.08. The van der Waals surface area contributed by atoms with Gasteiger partial charge in [0, 0.05) is 0 Å². The zero-order valence-electron chi connectivity index (χ0n) is 15.6. The van der Waals surface area contributed by atoms with Gasteiger partial charge in [0.15, 0.2) is 0 Å². The molecule has 8 nitrogen and oxygen atoms in total. The van der Waals surface area contributed by atoms with Gasteiger partial charge in [-0.25, -0.2) is 0 Å². The summed E-state index contributed by atoms with van der Waals surface area (Å²) >= 11 is 0. The number of hydrogen-bond acceptors (Lipinski definition) is 8. The summed E-state index contributed by atoms with van der Waals surface area (Å²) in [6.45, 7) is 3.97. The number of hydrogen-bond donors (Lipinski definition) is 0. The van der Waals surface area contributed by atoms with Crippen molar-refractivity contribution >= 4 is 32.2 Å². The predicted octanol–water partition coefficient (Wildman–Crippen LogP) is 2.67. The molecule has 0 unspecified atom stereocenters. The van der Waals surface area contributed by atoms with Gasteiger partial charge in [0.05, 0.1) is 24.3 Å². The number of carbonyl (C=O) groups is 2. The Bertz CT molecular complexity index is 567. The molecule has 0 amide bonds. The Balaban J connectivity index is 4.15. The van der Waals surface area contributed by atoms with Gasteiger partial charge >= 0.3 is 32.2 Å². The first-order chi connectivity index (χ1) is 12.1. The molecule has 0 N–H and O–H groups in total. The van der Waals surface area contributed by atoms with Crippen LogP contribution in [0.3, 0.4) is 0 Å². The predicted molar refractivity (Wildman–Crippen MR) is 97.3 cm³/mol. The SMILES string of the molecule is CCCCCCS(=O)(=O)OC(=O)CCC(=O)OS(=O)(=O)CCCCCC. The Hall–Kier alpha value is -1.16. The van der Waals surface area contributed by atoms with E-state index in [1.54, 1.807) is 0 Å². The van der Waals surface area contributed by atoms with Gasteiger partial charge in [0.1, 0.15) is 0 Å². The molecule has 0 spiro atoms. The summed E-state index contributed by atoms with van der Waals surface area (Å²) in [5.41, 5.74) is 0. The highest BCUT2D eigenvalue weighted by Gasteiger charge is 2.21. The first kappa shape index (κ1) is 24.8. The molecule has 0 fully saturated rings. The third-order valence-corrected chi connectivity index (χ3v) is 5.93. The van der Waals surface area contributed by atoms with Crippen molar-refractivity contribution in [2.24, 2.45) is 0 Å². The van der Waals surface area contributed by atoms with Crippen LogP contribution in [0.4, 0.5) is 0 Å². The molecule has 0 aromatic carbocycles. The lowest BCUT2D eigenvalue weighted by Crippen LogP contribution is -2.19. The van der Waals surface area contributed by atoms with E-state index in [-0.39, 0.29) is 11.5 Å². The highest BCUT2D eigenvalue weighted by atomic mass is 32.2. The lowest BCUT2D eigenvalue weighted by atomic mass is 10.2. The zero-order valence-corrected chi connectivity index (χ0v) is 17.2. The molecule has 0 heterocycles. The van der Waals surface area contributed by atoms with E-state index in [9.17, 15) is 26.4 Å². The van der Waals surface area contributed by atoms with Crippen molar-refractivity contribution in [3.8, 4) is 0 Å². The van der Waals surface area contributed by atoms with E-state index < -0.39 is 45.0 Å². The van der Waals surface area contributed by atoms with E-state index in [1.165, 1.54) is 0 Å². The van der Waals surface area contributed by atoms with E-state index in [2.05, 4.69) is 8.37 Å². The standard InChI is InChI=1S/C16H30O8S2/c1-3-5-7-9-13-25(19,20)23-15(17)11-12-16(18)24-26(21,22)14-10-8-6-4-2/h3-14H2,1-2H3. The van der Waals surface area contributed by atoms with Crippen molar-refractivity contribution < 1.29 is 34.8 Å². The van der Waals surface area contributed by atoms with Crippen LogP contribution in [0.5, 0.6) is 0 Å². The zero-order chi connectivity index (χ0) is 20.1. The number of rotatable bonds is 15. The van der Waals surface area contributed by atoms with Crippen molar-refractivity contribution in [1.29, 1.82) is 0 Å². The van der Waals surface area contributed by atoms with Crippen molar-refractivity contribution in [1.82, 2.24) is 0 Å². The smallest absolute Gasteiger partial charge is 0.322 e. The minimum absolute atomic E-state index is 0.269. The van der Waals surface area contributed by atoms with Gasteiger partial charge in [-0.05, 0) is 12.8 Å². The lowest BCUT2D eigenvalue weighted by molar-refractivity contribution is -0.140. The largest absolute Gasteiger partial charge is 0.346 e. The van der Waals surface area contributed by atoms with Crippen LogP contribution in [0.2, 0.25) is 0 Å². The minimum Gasteiger partial charge on any atom is -0.346 e. The second-order valence-corrected chi connectivity index (χ2v) is 9.44. The number of carbonyl (C=O) groups excluding carboxylic acids is 2. The molecule has 26 heavy (non-hydrogen) atoms. The first-order valence-corrected chi connectivity index (χ1v) is 12.2. The fourth-order valence-electron chi connectivity index (χ4n) is 2.07. The molecule has 0 aromatic rings. The molecule has 0 aliphatic heterocycles. The summed E-state index contributed by atoms with van der Waals surface area (Å²) in [5.74, 6) is -2.74. The van der Waals surface area contributed by atoms with Crippen molar-refractivity contribution in [3.05, 3.63) is 0 Å². The lowest BCUT2D eigenvalue weighted by Gasteiger charge is -2.07. The van der Waals surface area contributed by atoms with Crippen LogP contribution in [0.25, 0.3) is 0 Å². The van der Waals surface area contributed by atoms with Crippen LogP contribution in [-0.2, 0) is 38.2 Å². The van der Waals surface area contributed by atoms with Crippen LogP contribution in [0.1, 0.15) is 78.1 Å². The monoisotopic (exact) mass is 414 g/mol. The Morgan fingerprint density at radius 1 is 0.615 bits per heavy atom. The summed E-state index contributed by atoms with van der Waals surface area (Å²) in [7, 11) is -7.96. The summed E-state index contributed by atoms with van der Waals surface area (Å²) in [6, 6.07) is 0. The molecule has 10 heteroatoms. The van der Waals surface area contributed by atoms with Gasteiger partial charge in [0.25, 0.3) is 0 Å². The van der Waals surface area contributed by atoms with Gasteiger partial charge in [-0.2, -0.15) is 16.8 Å². The third-order valence-electron chi connectivity index (χ3n) is 3.47. The van der Waals surface area contributed by atoms with Crippen molar-refractivity contribution in [3.63, 3.8) is 0 Å². The summed E-state index contributed by atoms with van der Waals surface area (Å²) in [5, 5.41) is 0. The van der Waals surface area contributed by atoms with E-state index in [4.69, 9.17) is 0 Å². The average Bonchev–Trinajstić information content (AvgIpc) is 2.53. The molecule has 0 aromatic heterocycles. The van der Waals surface area contributed by atoms with Crippen molar-refractivity contribution in [2.75, 3.05) is 11.5 Å². The fourth-order valence-corrected chi connectivity index (χ4v) is 4.08. The van der Waals surface area contributed by atoms with Crippen LogP contribution >= 0.6 is 0 Å². The van der Waals surface area contributed by atoms with E-state index >= 15 is 0 Å². The van der Waals surface area contributed by atoms with E-state index in [0.717, 1.165) is 38.5 Å². The maximum absolute atomic E-state index is 11.6. The van der Waals surface area contributed by atoms with Crippen LogP contribution in [-0.4, -0.2) is 40.3 Å². The van der Waals surface area contributed by atoms with E-state index in [1.807, 2.05) is 13.8 Å². The summed E-state index contributed by atoms with van der Waals surface area (Å²) in [6.07, 6.45) is 4.78. The molecule has 0 saturated heterocycles. The summed E-state index contributed by atoms with van der Waals surface area (Å²) in [4.78, 5) is 23.0. The van der Waals surface area contributed by atoms with Crippen LogP contribution in [0.15, 0.2) is 0 Å². The second kappa shape index (κ2) is 13.1. The van der Waals surface area contributed by atoms with Gasteiger partial charge in [-0.1, -0.05) is 52.4 Å². The van der Waals surface area contributed by atoms with Crippen molar-refractivity contribution in [2.45, 2.75) is 78.1 Å². The summed E-state index contributed by atoms with van der Waals surface area (Å²) < 4.78 is 55.1. The van der Waals surface area contributed by atoms with Crippen LogP contribution in [0, 0.1) is 0 Å². The van der Waals surface area contributed by atoms with E-state index in [0.29, 0.717) is 12.8 Å². The second-order valence-electron chi connectivity index (χ2n) is 6.06. The molecule has 0 aliphatic rings. The Kier molecular flexibility index (Phi) is 12.5. The quantitative estimate of drug-likeness (QED) is 0.296. The molecular weight excluding hydrogens is 384 g/mol. The Morgan fingerprint density at radius 3 is 1.27 bits per heavy atom. The highest BCUT2D eigenvalue weighted by molar-refractivity contribution is 7.87. The molecule has 0 atom stereocenters. The average molecular weight is 415 g/mol. The minimum atomic E-state index is -3.98. The van der Waals surface area contributed by atoms with Gasteiger partial charge in [-0.3, -0.25) is 9.59 Å². The Morgan fingerprint density at radius 2 is 0.962 bits per heavy atom. The molecule has 0 rings (SSSR count). The maximum Gasteiger partial charge on any atom is 0.322 e. The maximum atomic E-state index is 11.6. The molecular formula is C16H30O8S2. The van der Waals surface area contributed by atoms with Crippen LogP contribution < -0.4 is 0 Å². The molecule has 0 aliphatic carbocycles. The Labute approximate surface area is 156 Å². The normalized spacial score (nSPS) is 11.9. The first-order valence-electron chi connectivity index (χ1n) is 9.02. The van der Waals surface area contributed by atoms with Gasteiger partial charge in [0.2, 0.25) is 0 Å². The fraction of sp³-hybridized carbons (Fsp3) is 0.875. The molecule has 0 bridgehead atoms. The molecule has 0 radical (unpaired) electrons. The third kappa shape index (κ3) is 14.1. The van der Waals surface area contributed by atoms with Gasteiger partial charge < -0.3 is 8.37 Å². The van der Waals surface area contributed by atoms with Gasteiger partial charge in [-0.15, -0.1) is 0 Å².